The van der Waals surface area contributed by atoms with E-state index in [-0.39, 0.29) is 24.2 Å². The van der Waals surface area contributed by atoms with Gasteiger partial charge in [0.2, 0.25) is 0 Å². The van der Waals surface area contributed by atoms with Crippen LogP contribution in [0.4, 0.5) is 26.3 Å². The van der Waals surface area contributed by atoms with Gasteiger partial charge in [-0.15, -0.1) is 0 Å². The molecule has 1 heterocycles. The van der Waals surface area contributed by atoms with Crippen LogP contribution in [0.5, 0.6) is 0 Å². The van der Waals surface area contributed by atoms with E-state index < -0.39 is 35.7 Å². The quantitative estimate of drug-likeness (QED) is 0.405. The highest BCUT2D eigenvalue weighted by Crippen LogP contribution is 2.40. The minimum Gasteiger partial charge on any atom is -0.374 e. The van der Waals surface area contributed by atoms with Gasteiger partial charge in [0.1, 0.15) is 0 Å². The van der Waals surface area contributed by atoms with Crippen molar-refractivity contribution in [2.24, 2.45) is 0 Å². The molecule has 0 bridgehead atoms. The third-order valence-electron chi connectivity index (χ3n) is 5.00. The van der Waals surface area contributed by atoms with E-state index in [9.17, 15) is 26.3 Å². The number of rotatable bonds is 4. The smallest absolute Gasteiger partial charge is 0.374 e. The molecule has 2 aromatic rings. The molecule has 1 saturated heterocycles. The number of alkyl halides is 6. The van der Waals surface area contributed by atoms with Crippen LogP contribution in [0.25, 0.3) is 0 Å². The van der Waals surface area contributed by atoms with Gasteiger partial charge in [-0.1, -0.05) is 36.9 Å². The number of hydrogen-bond donors (Lipinski definition) is 0. The minimum atomic E-state index is -4.91. The zero-order valence-electron chi connectivity index (χ0n) is 16.1. The van der Waals surface area contributed by atoms with Crippen molar-refractivity contribution in [1.29, 1.82) is 0 Å². The molecule has 162 valence electrons. The molecule has 0 aliphatic carbocycles. The van der Waals surface area contributed by atoms with Gasteiger partial charge in [-0.3, -0.25) is 0 Å². The normalized spacial score (nSPS) is 21.5. The Morgan fingerprint density at radius 2 is 1.53 bits per heavy atom. The lowest BCUT2D eigenvalue weighted by molar-refractivity contribution is -0.143. The Bertz CT molecular complexity index is 856. The van der Waals surface area contributed by atoms with Crippen LogP contribution in [0.1, 0.15) is 41.2 Å². The van der Waals surface area contributed by atoms with Crippen LogP contribution < -0.4 is 0 Å². The molecule has 3 atom stereocenters. The molecule has 0 saturated carbocycles. The largest absolute Gasteiger partial charge is 0.416 e. The highest BCUT2D eigenvalue weighted by atomic mass is 19.4. The van der Waals surface area contributed by atoms with E-state index in [4.69, 9.17) is 9.47 Å². The van der Waals surface area contributed by atoms with E-state index in [1.807, 2.05) is 30.3 Å². The predicted molar refractivity (Wildman–Crippen MR) is 98.9 cm³/mol. The first-order chi connectivity index (χ1) is 14.0. The zero-order valence-corrected chi connectivity index (χ0v) is 16.1. The van der Waals surface area contributed by atoms with Crippen molar-refractivity contribution in [3.63, 3.8) is 0 Å². The summed E-state index contributed by atoms with van der Waals surface area (Å²) in [6.45, 7) is 5.87. The van der Waals surface area contributed by atoms with Gasteiger partial charge in [0.25, 0.3) is 0 Å². The first-order valence-corrected chi connectivity index (χ1v) is 9.22. The summed E-state index contributed by atoms with van der Waals surface area (Å²) in [5.41, 5.74) is -1.33. The van der Waals surface area contributed by atoms with E-state index in [0.717, 1.165) is 11.1 Å². The van der Waals surface area contributed by atoms with E-state index in [2.05, 4.69) is 6.58 Å². The number of hydrogen-bond acceptors (Lipinski definition) is 2. The summed E-state index contributed by atoms with van der Waals surface area (Å²) in [5.74, 6) is -0.282. The molecule has 2 nitrogen and oxygen atoms in total. The fourth-order valence-corrected chi connectivity index (χ4v) is 3.54. The first kappa shape index (κ1) is 22.4. The van der Waals surface area contributed by atoms with Crippen molar-refractivity contribution < 1.29 is 35.8 Å². The van der Waals surface area contributed by atoms with Gasteiger partial charge in [0, 0.05) is 5.92 Å². The molecule has 0 spiro atoms. The predicted octanol–water partition coefficient (Wildman–Crippen LogP) is 6.54. The van der Waals surface area contributed by atoms with E-state index in [0.29, 0.717) is 18.7 Å². The van der Waals surface area contributed by atoms with E-state index >= 15 is 0 Å². The van der Waals surface area contributed by atoms with Crippen molar-refractivity contribution in [3.8, 4) is 0 Å². The van der Waals surface area contributed by atoms with Gasteiger partial charge in [-0.05, 0) is 41.8 Å². The van der Waals surface area contributed by atoms with Gasteiger partial charge < -0.3 is 9.47 Å². The fourth-order valence-electron chi connectivity index (χ4n) is 3.54. The van der Waals surface area contributed by atoms with Gasteiger partial charge in [-0.2, -0.15) is 26.3 Å². The highest BCUT2D eigenvalue weighted by molar-refractivity contribution is 5.35. The number of ether oxygens (including phenoxy) is 2. The van der Waals surface area contributed by atoms with Crippen molar-refractivity contribution in [2.45, 2.75) is 37.4 Å². The Hall–Kier alpha value is -2.32. The van der Waals surface area contributed by atoms with Gasteiger partial charge in [-0.25, -0.2) is 0 Å². The van der Waals surface area contributed by atoms with E-state index in [1.54, 1.807) is 0 Å². The molecule has 8 heteroatoms. The SMILES string of the molecule is C=C1COC[C@@H](O[C@H](C)c2cc(C(F)(F)F)cc(C(F)(F)F)c2)[C@@H]1c1ccccc1. The average molecular weight is 430 g/mol. The summed E-state index contributed by atoms with van der Waals surface area (Å²) in [6, 6.07) is 10.7. The lowest BCUT2D eigenvalue weighted by Gasteiger charge is -2.35. The molecule has 0 radical (unpaired) electrons. The van der Waals surface area contributed by atoms with Gasteiger partial charge >= 0.3 is 12.4 Å². The average Bonchev–Trinajstić information content (AvgIpc) is 2.67. The summed E-state index contributed by atoms with van der Waals surface area (Å²) in [7, 11) is 0. The van der Waals surface area contributed by atoms with Gasteiger partial charge in [0.15, 0.2) is 0 Å². The summed E-state index contributed by atoms with van der Waals surface area (Å²) < 4.78 is 90.3. The molecule has 1 aliphatic heterocycles. The van der Waals surface area contributed by atoms with Crippen molar-refractivity contribution >= 4 is 0 Å². The molecule has 0 aromatic heterocycles. The molecule has 2 aromatic carbocycles. The summed E-state index contributed by atoms with van der Waals surface area (Å²) in [5, 5.41) is 0. The molecule has 0 amide bonds. The molecule has 0 unspecified atom stereocenters. The second-order valence-electron chi connectivity index (χ2n) is 7.22. The number of halogens is 6. The molecule has 30 heavy (non-hydrogen) atoms. The molecule has 0 N–H and O–H groups in total. The standard InChI is InChI=1S/C22H20F6O2/c1-13-11-29-12-19(20(13)15-6-4-3-5-7-15)30-14(2)16-8-17(21(23,24)25)10-18(9-16)22(26,27)28/h3-10,14,19-20H,1,11-12H2,2H3/t14-,19-,20+/m1/s1. The van der Waals surface area contributed by atoms with Crippen LogP contribution in [0.3, 0.4) is 0 Å². The number of benzene rings is 2. The Kier molecular flexibility index (Phi) is 6.29. The Morgan fingerprint density at radius 1 is 0.967 bits per heavy atom. The third kappa shape index (κ3) is 5.05. The van der Waals surface area contributed by atoms with Crippen molar-refractivity contribution in [1.82, 2.24) is 0 Å². The van der Waals surface area contributed by atoms with Crippen LogP contribution in [0, 0.1) is 0 Å². The van der Waals surface area contributed by atoms with Crippen LogP contribution in [-0.4, -0.2) is 19.3 Å². The lowest BCUT2D eigenvalue weighted by Crippen LogP contribution is -2.35. The van der Waals surface area contributed by atoms with Crippen LogP contribution >= 0.6 is 0 Å². The summed E-state index contributed by atoms with van der Waals surface area (Å²) in [4.78, 5) is 0. The van der Waals surface area contributed by atoms with Crippen LogP contribution in [-0.2, 0) is 21.8 Å². The molecular weight excluding hydrogens is 410 g/mol. The maximum Gasteiger partial charge on any atom is 0.416 e. The van der Waals surface area contributed by atoms with Gasteiger partial charge in [0.05, 0.1) is 36.5 Å². The fraction of sp³-hybridized carbons (Fsp3) is 0.364. The maximum atomic E-state index is 13.2. The zero-order chi connectivity index (χ0) is 22.1. The lowest BCUT2D eigenvalue weighted by atomic mass is 9.86. The molecule has 1 fully saturated rings. The monoisotopic (exact) mass is 430 g/mol. The first-order valence-electron chi connectivity index (χ1n) is 9.22. The topological polar surface area (TPSA) is 18.5 Å². The summed E-state index contributed by atoms with van der Waals surface area (Å²) >= 11 is 0. The summed E-state index contributed by atoms with van der Waals surface area (Å²) in [6.07, 6.45) is -11.5. The van der Waals surface area contributed by atoms with Crippen LogP contribution in [0.2, 0.25) is 0 Å². The van der Waals surface area contributed by atoms with E-state index in [1.165, 1.54) is 6.92 Å². The molecular formula is C22H20F6O2. The second kappa shape index (κ2) is 8.43. The van der Waals surface area contributed by atoms with Crippen LogP contribution in [0.15, 0.2) is 60.7 Å². The van der Waals surface area contributed by atoms with Crippen molar-refractivity contribution in [2.75, 3.05) is 13.2 Å². The maximum absolute atomic E-state index is 13.2. The van der Waals surface area contributed by atoms with Crippen molar-refractivity contribution in [3.05, 3.63) is 82.9 Å². The highest BCUT2D eigenvalue weighted by Gasteiger charge is 2.38. The Labute approximate surface area is 170 Å². The third-order valence-corrected chi connectivity index (χ3v) is 5.00. The Morgan fingerprint density at radius 3 is 2.07 bits per heavy atom. The molecule has 1 aliphatic rings. The molecule has 3 rings (SSSR count). The second-order valence-corrected chi connectivity index (χ2v) is 7.22. The Balaban J connectivity index is 1.92. The minimum absolute atomic E-state index is 0.106.